The van der Waals surface area contributed by atoms with Crippen molar-refractivity contribution in [3.63, 3.8) is 0 Å². The Hall–Kier alpha value is -2.16. The van der Waals surface area contributed by atoms with E-state index in [2.05, 4.69) is 10.6 Å². The number of thiocarbonyl (C=S) groups is 2. The van der Waals surface area contributed by atoms with Crippen molar-refractivity contribution in [1.29, 1.82) is 0 Å². The maximum absolute atomic E-state index is 5.47. The standard InChI is InChI=1S/C20H26N2O4S2/c1-23-15-7-5-13(11-17(15)25-3)19(27)21-9-10-22-20(28)14-6-8-16(24-2)18(12-14)26-4/h5-7,11-12,16H,8-10H2,1-4H3,(H,21,27)(H,22,28)/t16-/m0/s1. The average Bonchev–Trinajstić information content (AvgIpc) is 2.75. The molecule has 0 heterocycles. The van der Waals surface area contributed by atoms with E-state index in [4.69, 9.17) is 43.4 Å². The highest BCUT2D eigenvalue weighted by Crippen LogP contribution is 2.27. The number of hydrogen-bond donors (Lipinski definition) is 2. The van der Waals surface area contributed by atoms with E-state index in [1.54, 1.807) is 28.4 Å². The molecule has 0 aliphatic heterocycles. The van der Waals surface area contributed by atoms with Gasteiger partial charge in [-0.3, -0.25) is 0 Å². The lowest BCUT2D eigenvalue weighted by atomic mass is 10.0. The third-order valence-electron chi connectivity index (χ3n) is 4.29. The van der Waals surface area contributed by atoms with Gasteiger partial charge < -0.3 is 29.6 Å². The molecule has 1 atom stereocenters. The minimum atomic E-state index is -0.0583. The number of hydrogen-bond acceptors (Lipinski definition) is 6. The second-order valence-corrected chi connectivity index (χ2v) is 6.77. The molecular weight excluding hydrogens is 396 g/mol. The van der Waals surface area contributed by atoms with Gasteiger partial charge in [0, 0.05) is 31.3 Å². The lowest BCUT2D eigenvalue weighted by Crippen LogP contribution is -2.34. The minimum absolute atomic E-state index is 0.0583. The van der Waals surface area contributed by atoms with E-state index < -0.39 is 0 Å². The summed E-state index contributed by atoms with van der Waals surface area (Å²) in [5, 5.41) is 6.45. The third-order valence-corrected chi connectivity index (χ3v) is 5.05. The van der Waals surface area contributed by atoms with Gasteiger partial charge in [-0.05, 0) is 30.7 Å². The highest BCUT2D eigenvalue weighted by Gasteiger charge is 2.19. The molecule has 0 saturated heterocycles. The molecule has 0 saturated carbocycles. The average molecular weight is 423 g/mol. The van der Waals surface area contributed by atoms with E-state index in [9.17, 15) is 0 Å². The van der Waals surface area contributed by atoms with E-state index in [0.29, 0.717) is 34.6 Å². The molecule has 2 rings (SSSR count). The highest BCUT2D eigenvalue weighted by atomic mass is 32.1. The van der Waals surface area contributed by atoms with Crippen molar-refractivity contribution in [2.24, 2.45) is 0 Å². The van der Waals surface area contributed by atoms with Crippen LogP contribution in [0, 0.1) is 0 Å². The van der Waals surface area contributed by atoms with Gasteiger partial charge in [-0.2, -0.15) is 0 Å². The van der Waals surface area contributed by atoms with Gasteiger partial charge in [0.25, 0.3) is 0 Å². The molecule has 0 aromatic heterocycles. The predicted molar refractivity (Wildman–Crippen MR) is 118 cm³/mol. The molecule has 6 nitrogen and oxygen atoms in total. The summed E-state index contributed by atoms with van der Waals surface area (Å²) in [5.74, 6) is 2.08. The molecule has 1 aliphatic rings. The summed E-state index contributed by atoms with van der Waals surface area (Å²) >= 11 is 10.9. The Labute approximate surface area is 176 Å². The molecule has 28 heavy (non-hydrogen) atoms. The van der Waals surface area contributed by atoms with Gasteiger partial charge in [0.2, 0.25) is 0 Å². The Morgan fingerprint density at radius 2 is 1.64 bits per heavy atom. The predicted octanol–water partition coefficient (Wildman–Crippen LogP) is 2.76. The third kappa shape index (κ3) is 5.67. The molecule has 0 amide bonds. The molecule has 8 heteroatoms. The van der Waals surface area contributed by atoms with Gasteiger partial charge in [-0.1, -0.05) is 30.5 Å². The van der Waals surface area contributed by atoms with E-state index in [1.807, 2.05) is 30.4 Å². The van der Waals surface area contributed by atoms with Crippen LogP contribution in [-0.2, 0) is 9.47 Å². The maximum Gasteiger partial charge on any atom is 0.161 e. The lowest BCUT2D eigenvalue weighted by molar-refractivity contribution is 0.0792. The second kappa shape index (κ2) is 11.0. The zero-order chi connectivity index (χ0) is 20.5. The van der Waals surface area contributed by atoms with Gasteiger partial charge >= 0.3 is 0 Å². The van der Waals surface area contributed by atoms with E-state index in [1.165, 1.54) is 0 Å². The lowest BCUT2D eigenvalue weighted by Gasteiger charge is -2.22. The van der Waals surface area contributed by atoms with Crippen LogP contribution in [0.4, 0.5) is 0 Å². The molecule has 1 aromatic rings. The van der Waals surface area contributed by atoms with Crippen molar-refractivity contribution in [2.45, 2.75) is 12.5 Å². The Morgan fingerprint density at radius 3 is 2.25 bits per heavy atom. The first kappa shape index (κ1) is 22.1. The van der Waals surface area contributed by atoms with Crippen LogP contribution in [0.25, 0.3) is 0 Å². The van der Waals surface area contributed by atoms with E-state index >= 15 is 0 Å². The summed E-state index contributed by atoms with van der Waals surface area (Å²) in [6.45, 7) is 1.26. The van der Waals surface area contributed by atoms with Gasteiger partial charge in [0.1, 0.15) is 21.8 Å². The molecule has 0 fully saturated rings. The zero-order valence-corrected chi connectivity index (χ0v) is 18.2. The zero-order valence-electron chi connectivity index (χ0n) is 16.5. The fourth-order valence-corrected chi connectivity index (χ4v) is 3.22. The van der Waals surface area contributed by atoms with Crippen molar-refractivity contribution in [3.8, 4) is 11.5 Å². The first-order valence-corrected chi connectivity index (χ1v) is 9.62. The second-order valence-electron chi connectivity index (χ2n) is 5.95. The molecule has 0 unspecified atom stereocenters. The van der Waals surface area contributed by atoms with Crippen molar-refractivity contribution in [1.82, 2.24) is 10.6 Å². The van der Waals surface area contributed by atoms with Gasteiger partial charge in [-0.15, -0.1) is 0 Å². The number of benzene rings is 1. The van der Waals surface area contributed by atoms with Crippen LogP contribution in [0.5, 0.6) is 11.5 Å². The minimum Gasteiger partial charge on any atom is -0.498 e. The summed E-state index contributed by atoms with van der Waals surface area (Å²) in [6, 6.07) is 5.57. The van der Waals surface area contributed by atoms with Crippen LogP contribution in [0.2, 0.25) is 0 Å². The monoisotopic (exact) mass is 422 g/mol. The summed E-state index contributed by atoms with van der Waals surface area (Å²) in [5.41, 5.74) is 1.80. The largest absolute Gasteiger partial charge is 0.498 e. The summed E-state index contributed by atoms with van der Waals surface area (Å²) in [6.07, 6.45) is 4.63. The van der Waals surface area contributed by atoms with Crippen LogP contribution in [0.3, 0.4) is 0 Å². The molecule has 1 aromatic carbocycles. The molecule has 152 valence electrons. The quantitative estimate of drug-likeness (QED) is 0.465. The van der Waals surface area contributed by atoms with Crippen molar-refractivity contribution in [2.75, 3.05) is 41.5 Å². The van der Waals surface area contributed by atoms with Crippen LogP contribution < -0.4 is 20.1 Å². The summed E-state index contributed by atoms with van der Waals surface area (Å²) < 4.78 is 21.3. The van der Waals surface area contributed by atoms with Gasteiger partial charge in [-0.25, -0.2) is 0 Å². The van der Waals surface area contributed by atoms with Gasteiger partial charge in [0.05, 0.1) is 21.3 Å². The van der Waals surface area contributed by atoms with Crippen LogP contribution in [0.15, 0.2) is 41.7 Å². The normalized spacial score (nSPS) is 15.8. The van der Waals surface area contributed by atoms with Crippen molar-refractivity contribution >= 4 is 34.4 Å². The van der Waals surface area contributed by atoms with Crippen molar-refractivity contribution in [3.05, 3.63) is 47.2 Å². The Morgan fingerprint density at radius 1 is 0.964 bits per heavy atom. The first-order chi connectivity index (χ1) is 13.5. The van der Waals surface area contributed by atoms with Crippen LogP contribution in [0.1, 0.15) is 12.0 Å². The number of methoxy groups -OCH3 is 4. The molecule has 0 bridgehead atoms. The number of nitrogens with one attached hydrogen (secondary N) is 2. The fraction of sp³-hybridized carbons (Fsp3) is 0.400. The van der Waals surface area contributed by atoms with Crippen LogP contribution >= 0.6 is 24.4 Å². The number of rotatable bonds is 9. The molecular formula is C20H26N2O4S2. The summed E-state index contributed by atoms with van der Waals surface area (Å²) in [4.78, 5) is 1.30. The van der Waals surface area contributed by atoms with E-state index in [0.717, 1.165) is 23.3 Å². The van der Waals surface area contributed by atoms with Crippen molar-refractivity contribution < 1.29 is 18.9 Å². The smallest absolute Gasteiger partial charge is 0.161 e. The molecule has 0 radical (unpaired) electrons. The molecule has 2 N–H and O–H groups in total. The number of ether oxygens (including phenoxy) is 4. The maximum atomic E-state index is 5.47. The fourth-order valence-electron chi connectivity index (χ4n) is 2.75. The van der Waals surface area contributed by atoms with E-state index in [-0.39, 0.29) is 6.10 Å². The summed E-state index contributed by atoms with van der Waals surface area (Å²) in [7, 11) is 6.50. The first-order valence-electron chi connectivity index (χ1n) is 8.81. The Bertz CT molecular complexity index is 777. The molecule has 1 aliphatic carbocycles. The highest BCUT2D eigenvalue weighted by molar-refractivity contribution is 7.81. The van der Waals surface area contributed by atoms with Crippen LogP contribution in [-0.4, -0.2) is 57.6 Å². The Balaban J connectivity index is 1.82. The Kier molecular flexibility index (Phi) is 8.69. The molecule has 0 spiro atoms. The van der Waals surface area contributed by atoms with Gasteiger partial charge in [0.15, 0.2) is 11.5 Å². The topological polar surface area (TPSA) is 61.0 Å². The SMILES string of the molecule is COC1=CC(C(=S)NCCNC(=S)c2ccc(OC)c(OC)c2)=CC[C@@H]1OC.